The number of carbonyl (C=O) groups excluding carboxylic acids is 1. The number of aromatic nitrogens is 3. The van der Waals surface area contributed by atoms with Crippen LogP contribution in [0.4, 0.5) is 24.5 Å². The summed E-state index contributed by atoms with van der Waals surface area (Å²) < 4.78 is 41.9. The van der Waals surface area contributed by atoms with Crippen LogP contribution in [0.15, 0.2) is 50.7 Å². The second-order valence-electron chi connectivity index (χ2n) is 6.30. The topological polar surface area (TPSA) is 102 Å². The molecule has 4 aromatic rings. The molecule has 0 spiro atoms. The lowest BCUT2D eigenvalue weighted by Gasteiger charge is -2.10. The molecule has 4 rings (SSSR count). The van der Waals surface area contributed by atoms with E-state index in [1.54, 1.807) is 17.5 Å². The highest BCUT2D eigenvalue weighted by Gasteiger charge is 2.36. The lowest BCUT2D eigenvalue weighted by molar-refractivity contribution is -0.385. The van der Waals surface area contributed by atoms with Crippen LogP contribution in [0.3, 0.4) is 0 Å². The molecule has 0 saturated heterocycles. The van der Waals surface area contributed by atoms with Gasteiger partial charge in [0.05, 0.1) is 21.2 Å². The summed E-state index contributed by atoms with van der Waals surface area (Å²) in [6.45, 7) is 0. The zero-order chi connectivity index (χ0) is 23.2. The molecule has 3 aromatic heterocycles. The van der Waals surface area contributed by atoms with Crippen molar-refractivity contribution in [2.75, 3.05) is 5.32 Å². The molecule has 8 nitrogen and oxygen atoms in total. The highest BCUT2D eigenvalue weighted by molar-refractivity contribution is 9.11. The smallest absolute Gasteiger partial charge is 0.319 e. The second kappa shape index (κ2) is 8.26. The van der Waals surface area contributed by atoms with Crippen LogP contribution in [0.25, 0.3) is 16.2 Å². The maximum atomic E-state index is 13.7. The van der Waals surface area contributed by atoms with Gasteiger partial charge in [0, 0.05) is 27.1 Å². The normalized spacial score (nSPS) is 11.7. The van der Waals surface area contributed by atoms with Gasteiger partial charge in [-0.1, -0.05) is 6.07 Å². The molecule has 1 amide bonds. The number of amides is 1. The quantitative estimate of drug-likeness (QED) is 0.226. The minimum absolute atomic E-state index is 0.104. The fourth-order valence-corrected chi connectivity index (χ4v) is 4.85. The van der Waals surface area contributed by atoms with Gasteiger partial charge in [-0.2, -0.15) is 18.3 Å². The Morgan fingerprint density at radius 2 is 1.88 bits per heavy atom. The van der Waals surface area contributed by atoms with Crippen LogP contribution in [0.5, 0.6) is 0 Å². The standard InChI is InChI=1S/C18H8Br2F3N5O3S/c19-9-4-8(28(30)31)5-10(20)16(9)25-17(29)12-7-15-24-11(13-2-1-3-32-13)6-14(18(21,22)23)27(15)26-12/h1-7H,(H,25,29). The molecule has 0 bridgehead atoms. The molecular formula is C18H8Br2F3N5O3S. The minimum atomic E-state index is -4.74. The first-order valence-electron chi connectivity index (χ1n) is 8.51. The van der Waals surface area contributed by atoms with Gasteiger partial charge in [0.25, 0.3) is 11.6 Å². The van der Waals surface area contributed by atoms with E-state index >= 15 is 0 Å². The van der Waals surface area contributed by atoms with Gasteiger partial charge in [0.2, 0.25) is 0 Å². The van der Waals surface area contributed by atoms with Gasteiger partial charge in [0.1, 0.15) is 0 Å². The number of thiophene rings is 1. The summed E-state index contributed by atoms with van der Waals surface area (Å²) in [6, 6.07) is 7.69. The molecule has 0 atom stereocenters. The van der Waals surface area contributed by atoms with Crippen molar-refractivity contribution in [1.29, 1.82) is 0 Å². The lowest BCUT2D eigenvalue weighted by Crippen LogP contribution is -2.16. The first-order valence-corrected chi connectivity index (χ1v) is 11.0. The summed E-state index contributed by atoms with van der Waals surface area (Å²) >= 11 is 7.50. The minimum Gasteiger partial charge on any atom is -0.319 e. The molecule has 0 aliphatic carbocycles. The van der Waals surface area contributed by atoms with Gasteiger partial charge in [-0.3, -0.25) is 14.9 Å². The summed E-state index contributed by atoms with van der Waals surface area (Å²) in [4.78, 5) is 27.8. The number of fused-ring (bicyclic) bond motifs is 1. The Balaban J connectivity index is 1.76. The van der Waals surface area contributed by atoms with E-state index in [4.69, 9.17) is 0 Å². The fourth-order valence-electron chi connectivity index (χ4n) is 2.80. The molecule has 0 radical (unpaired) electrons. The highest BCUT2D eigenvalue weighted by atomic mass is 79.9. The van der Waals surface area contributed by atoms with Crippen molar-refractivity contribution >= 4 is 66.1 Å². The first kappa shape index (κ1) is 22.4. The third kappa shape index (κ3) is 4.25. The average Bonchev–Trinajstić information content (AvgIpc) is 3.38. The number of halogens is 5. The van der Waals surface area contributed by atoms with E-state index in [-0.39, 0.29) is 37.4 Å². The average molecular weight is 591 g/mol. The van der Waals surface area contributed by atoms with Crippen molar-refractivity contribution in [2.45, 2.75) is 6.18 Å². The first-order chi connectivity index (χ1) is 15.0. The fraction of sp³-hybridized carbons (Fsp3) is 0.0556. The van der Waals surface area contributed by atoms with Gasteiger partial charge in [0.15, 0.2) is 17.0 Å². The molecular weight excluding hydrogens is 583 g/mol. The number of nitro benzene ring substituents is 1. The number of benzene rings is 1. The number of nitrogens with one attached hydrogen (secondary N) is 1. The van der Waals surface area contributed by atoms with Crippen LogP contribution in [0, 0.1) is 10.1 Å². The number of hydrogen-bond acceptors (Lipinski definition) is 6. The Morgan fingerprint density at radius 1 is 1.19 bits per heavy atom. The van der Waals surface area contributed by atoms with Crippen molar-refractivity contribution in [3.63, 3.8) is 0 Å². The van der Waals surface area contributed by atoms with E-state index < -0.39 is 22.7 Å². The van der Waals surface area contributed by atoms with Crippen molar-refractivity contribution in [1.82, 2.24) is 14.6 Å². The molecule has 3 heterocycles. The van der Waals surface area contributed by atoms with E-state index in [0.29, 0.717) is 9.39 Å². The number of rotatable bonds is 4. The Morgan fingerprint density at radius 3 is 2.44 bits per heavy atom. The number of alkyl halides is 3. The van der Waals surface area contributed by atoms with E-state index in [0.717, 1.165) is 12.1 Å². The van der Waals surface area contributed by atoms with Gasteiger partial charge in [-0.15, -0.1) is 11.3 Å². The van der Waals surface area contributed by atoms with Gasteiger partial charge in [-0.25, -0.2) is 9.50 Å². The summed E-state index contributed by atoms with van der Waals surface area (Å²) in [5.74, 6) is -0.823. The number of nitro groups is 1. The zero-order valence-electron chi connectivity index (χ0n) is 15.4. The van der Waals surface area contributed by atoms with Crippen molar-refractivity contribution in [3.8, 4) is 10.6 Å². The molecule has 0 unspecified atom stereocenters. The Kier molecular flexibility index (Phi) is 5.77. The molecule has 1 N–H and O–H groups in total. The largest absolute Gasteiger partial charge is 0.433 e. The molecule has 0 fully saturated rings. The van der Waals surface area contributed by atoms with Crippen LogP contribution >= 0.6 is 43.2 Å². The lowest BCUT2D eigenvalue weighted by atomic mass is 10.2. The molecule has 1 aromatic carbocycles. The van der Waals surface area contributed by atoms with Crippen LogP contribution < -0.4 is 5.32 Å². The van der Waals surface area contributed by atoms with Crippen LogP contribution in [-0.2, 0) is 6.18 Å². The predicted molar refractivity (Wildman–Crippen MR) is 118 cm³/mol. The number of nitrogens with zero attached hydrogens (tertiary/aromatic N) is 4. The van der Waals surface area contributed by atoms with Crippen LogP contribution in [-0.4, -0.2) is 25.4 Å². The third-order valence-corrected chi connectivity index (χ3v) is 6.34. The molecule has 0 aliphatic rings. The monoisotopic (exact) mass is 589 g/mol. The van der Waals surface area contributed by atoms with Crippen molar-refractivity contribution in [3.05, 3.63) is 72.2 Å². The second-order valence-corrected chi connectivity index (χ2v) is 8.95. The van der Waals surface area contributed by atoms with Crippen LogP contribution in [0.1, 0.15) is 16.2 Å². The maximum Gasteiger partial charge on any atom is 0.433 e. The zero-order valence-corrected chi connectivity index (χ0v) is 19.3. The molecule has 32 heavy (non-hydrogen) atoms. The molecule has 0 aliphatic heterocycles. The summed E-state index contributed by atoms with van der Waals surface area (Å²) in [5, 5.41) is 18.9. The molecule has 0 saturated carbocycles. The summed E-state index contributed by atoms with van der Waals surface area (Å²) in [5.41, 5.74) is -1.52. The maximum absolute atomic E-state index is 13.7. The van der Waals surface area contributed by atoms with Crippen molar-refractivity contribution in [2.24, 2.45) is 0 Å². The molecule has 14 heteroatoms. The van der Waals surface area contributed by atoms with E-state index in [9.17, 15) is 28.1 Å². The van der Waals surface area contributed by atoms with E-state index in [1.807, 2.05) is 0 Å². The van der Waals surface area contributed by atoms with E-state index in [2.05, 4.69) is 47.3 Å². The highest BCUT2D eigenvalue weighted by Crippen LogP contribution is 2.36. The SMILES string of the molecule is O=C(Nc1c(Br)cc([N+](=O)[O-])cc1Br)c1cc2nc(-c3cccs3)cc(C(F)(F)F)n2n1. The Bertz CT molecular complexity index is 1350. The van der Waals surface area contributed by atoms with Gasteiger partial charge in [-0.05, 0) is 49.4 Å². The predicted octanol–water partition coefficient (Wildman–Crippen LogP) is 6.16. The van der Waals surface area contributed by atoms with Crippen LogP contribution in [0.2, 0.25) is 0 Å². The Labute approximate surface area is 197 Å². The van der Waals surface area contributed by atoms with Gasteiger partial charge >= 0.3 is 6.18 Å². The number of hydrogen-bond donors (Lipinski definition) is 1. The summed E-state index contributed by atoms with van der Waals surface area (Å²) in [6.07, 6.45) is -4.74. The summed E-state index contributed by atoms with van der Waals surface area (Å²) in [7, 11) is 0. The number of carbonyl (C=O) groups is 1. The number of anilines is 1. The molecule has 164 valence electrons. The number of non-ortho nitro benzene ring substituents is 1. The van der Waals surface area contributed by atoms with E-state index in [1.165, 1.54) is 23.5 Å². The Hall–Kier alpha value is -2.84. The van der Waals surface area contributed by atoms with Crippen molar-refractivity contribution < 1.29 is 22.9 Å². The third-order valence-electron chi connectivity index (χ3n) is 4.20. The van der Waals surface area contributed by atoms with Gasteiger partial charge < -0.3 is 5.32 Å².